The summed E-state index contributed by atoms with van der Waals surface area (Å²) in [6.45, 7) is 0.108. The maximum Gasteiger partial charge on any atom is 0.212 e. The molecule has 0 amide bonds. The van der Waals surface area contributed by atoms with E-state index in [0.717, 1.165) is 18.2 Å². The first kappa shape index (κ1) is 11.4. The summed E-state index contributed by atoms with van der Waals surface area (Å²) in [6, 6.07) is 5.89. The van der Waals surface area contributed by atoms with E-state index in [-0.39, 0.29) is 12.1 Å². The number of aromatic nitrogens is 1. The van der Waals surface area contributed by atoms with Crippen LogP contribution in [0.4, 0.5) is 18.9 Å². The lowest BCUT2D eigenvalue weighted by Crippen LogP contribution is -2.02. The smallest absolute Gasteiger partial charge is 0.212 e. The van der Waals surface area contributed by atoms with E-state index in [0.29, 0.717) is 5.69 Å². The Labute approximate surface area is 96.1 Å². The van der Waals surface area contributed by atoms with Crippen LogP contribution in [0.15, 0.2) is 36.5 Å². The summed E-state index contributed by atoms with van der Waals surface area (Å²) in [7, 11) is 0. The number of anilines is 1. The molecule has 0 unspecified atom stereocenters. The second-order valence-corrected chi connectivity index (χ2v) is 3.46. The first-order valence-corrected chi connectivity index (χ1v) is 4.94. The Kier molecular flexibility index (Phi) is 3.27. The van der Waals surface area contributed by atoms with Gasteiger partial charge in [0.25, 0.3) is 0 Å². The zero-order chi connectivity index (χ0) is 12.3. The van der Waals surface area contributed by atoms with E-state index in [4.69, 9.17) is 0 Å². The fraction of sp³-hybridized carbons (Fsp3) is 0.0833. The van der Waals surface area contributed by atoms with E-state index >= 15 is 0 Å². The molecule has 88 valence electrons. The lowest BCUT2D eigenvalue weighted by Gasteiger charge is -2.07. The third-order valence-corrected chi connectivity index (χ3v) is 2.22. The summed E-state index contributed by atoms with van der Waals surface area (Å²) in [5, 5.41) is 2.82. The summed E-state index contributed by atoms with van der Waals surface area (Å²) in [6.07, 6.45) is 1.28. The topological polar surface area (TPSA) is 24.9 Å². The molecule has 1 heterocycles. The van der Waals surface area contributed by atoms with Crippen LogP contribution in [0.1, 0.15) is 5.56 Å². The van der Waals surface area contributed by atoms with Crippen molar-refractivity contribution in [3.8, 4) is 0 Å². The standard InChI is InChI=1S/C12H9F3N2/c13-9-1-3-11(14)8(5-9)6-16-10-2-4-12(15)17-7-10/h1-5,7,16H,6H2. The SMILES string of the molecule is Fc1ccc(F)c(CNc2ccc(F)nc2)c1. The molecule has 1 N–H and O–H groups in total. The highest BCUT2D eigenvalue weighted by Crippen LogP contribution is 2.12. The predicted molar refractivity (Wildman–Crippen MR) is 57.9 cm³/mol. The number of hydrogen-bond donors (Lipinski definition) is 1. The van der Waals surface area contributed by atoms with Gasteiger partial charge in [0.15, 0.2) is 0 Å². The van der Waals surface area contributed by atoms with Crippen LogP contribution in [0.2, 0.25) is 0 Å². The van der Waals surface area contributed by atoms with Crippen molar-refractivity contribution in [1.29, 1.82) is 0 Å². The van der Waals surface area contributed by atoms with Crippen molar-refractivity contribution in [3.63, 3.8) is 0 Å². The van der Waals surface area contributed by atoms with Crippen molar-refractivity contribution in [2.75, 3.05) is 5.32 Å². The second-order valence-electron chi connectivity index (χ2n) is 3.46. The minimum atomic E-state index is -0.590. The number of halogens is 3. The Balaban J connectivity index is 2.07. The highest BCUT2D eigenvalue weighted by molar-refractivity contribution is 5.40. The lowest BCUT2D eigenvalue weighted by molar-refractivity contribution is 0.583. The molecule has 0 atom stereocenters. The van der Waals surface area contributed by atoms with Gasteiger partial charge in [0.1, 0.15) is 11.6 Å². The van der Waals surface area contributed by atoms with Crippen LogP contribution < -0.4 is 5.32 Å². The van der Waals surface area contributed by atoms with E-state index < -0.39 is 17.6 Å². The molecule has 2 nitrogen and oxygen atoms in total. The third kappa shape index (κ3) is 2.96. The molecule has 0 fully saturated rings. The van der Waals surface area contributed by atoms with E-state index in [2.05, 4.69) is 10.3 Å². The normalized spacial score (nSPS) is 10.3. The maximum atomic E-state index is 13.3. The molecule has 0 saturated carbocycles. The molecule has 0 saturated heterocycles. The largest absolute Gasteiger partial charge is 0.380 e. The van der Waals surface area contributed by atoms with Gasteiger partial charge >= 0.3 is 0 Å². The van der Waals surface area contributed by atoms with Gasteiger partial charge in [0.2, 0.25) is 5.95 Å². The van der Waals surface area contributed by atoms with Gasteiger partial charge in [-0.05, 0) is 30.3 Å². The monoisotopic (exact) mass is 238 g/mol. The van der Waals surface area contributed by atoms with Crippen molar-refractivity contribution in [1.82, 2.24) is 4.98 Å². The molecular formula is C12H9F3N2. The number of pyridine rings is 1. The van der Waals surface area contributed by atoms with Gasteiger partial charge in [-0.3, -0.25) is 0 Å². The van der Waals surface area contributed by atoms with Crippen LogP contribution in [0.3, 0.4) is 0 Å². The molecule has 0 radical (unpaired) electrons. The Morgan fingerprint density at radius 2 is 1.88 bits per heavy atom. The number of rotatable bonds is 3. The average molecular weight is 238 g/mol. The van der Waals surface area contributed by atoms with Crippen LogP contribution in [0, 0.1) is 17.6 Å². The molecular weight excluding hydrogens is 229 g/mol. The van der Waals surface area contributed by atoms with Crippen LogP contribution >= 0.6 is 0 Å². The van der Waals surface area contributed by atoms with Gasteiger partial charge in [-0.25, -0.2) is 13.8 Å². The number of nitrogens with zero attached hydrogens (tertiary/aromatic N) is 1. The molecule has 0 aliphatic rings. The van der Waals surface area contributed by atoms with E-state index in [1.165, 1.54) is 18.3 Å². The Morgan fingerprint density at radius 3 is 2.59 bits per heavy atom. The minimum Gasteiger partial charge on any atom is -0.380 e. The van der Waals surface area contributed by atoms with Gasteiger partial charge < -0.3 is 5.32 Å². The van der Waals surface area contributed by atoms with E-state index in [1.807, 2.05) is 0 Å². The molecule has 2 aromatic rings. The Morgan fingerprint density at radius 1 is 1.06 bits per heavy atom. The quantitative estimate of drug-likeness (QED) is 0.831. The molecule has 0 aliphatic carbocycles. The molecule has 17 heavy (non-hydrogen) atoms. The molecule has 2 rings (SSSR count). The van der Waals surface area contributed by atoms with Gasteiger partial charge in [0, 0.05) is 12.1 Å². The van der Waals surface area contributed by atoms with Crippen molar-refractivity contribution >= 4 is 5.69 Å². The van der Waals surface area contributed by atoms with Crippen LogP contribution in [0.25, 0.3) is 0 Å². The van der Waals surface area contributed by atoms with Gasteiger partial charge in [-0.2, -0.15) is 4.39 Å². The van der Waals surface area contributed by atoms with Crippen molar-refractivity contribution in [2.24, 2.45) is 0 Å². The number of nitrogens with one attached hydrogen (secondary N) is 1. The molecule has 5 heteroatoms. The van der Waals surface area contributed by atoms with Crippen molar-refractivity contribution < 1.29 is 13.2 Å². The van der Waals surface area contributed by atoms with Crippen molar-refractivity contribution in [2.45, 2.75) is 6.54 Å². The molecule has 0 aliphatic heterocycles. The molecule has 0 bridgehead atoms. The van der Waals surface area contributed by atoms with E-state index in [9.17, 15) is 13.2 Å². The highest BCUT2D eigenvalue weighted by Gasteiger charge is 2.03. The molecule has 0 spiro atoms. The first-order valence-electron chi connectivity index (χ1n) is 4.94. The zero-order valence-electron chi connectivity index (χ0n) is 8.75. The maximum absolute atomic E-state index is 13.3. The van der Waals surface area contributed by atoms with Crippen LogP contribution in [0.5, 0.6) is 0 Å². The zero-order valence-corrected chi connectivity index (χ0v) is 8.75. The number of hydrogen-bond acceptors (Lipinski definition) is 2. The summed E-state index contributed by atoms with van der Waals surface area (Å²) < 4.78 is 38.6. The predicted octanol–water partition coefficient (Wildman–Crippen LogP) is 3.11. The first-order chi connectivity index (χ1) is 8.15. The van der Waals surface area contributed by atoms with Gasteiger partial charge in [0.05, 0.1) is 11.9 Å². The highest BCUT2D eigenvalue weighted by atomic mass is 19.1. The fourth-order valence-electron chi connectivity index (χ4n) is 1.36. The molecule has 1 aromatic carbocycles. The number of benzene rings is 1. The second kappa shape index (κ2) is 4.86. The summed E-state index contributed by atoms with van der Waals surface area (Å²) in [5.41, 5.74) is 0.740. The fourth-order valence-corrected chi connectivity index (χ4v) is 1.36. The third-order valence-electron chi connectivity index (χ3n) is 2.22. The van der Waals surface area contributed by atoms with Crippen molar-refractivity contribution in [3.05, 3.63) is 59.7 Å². The lowest BCUT2D eigenvalue weighted by atomic mass is 10.2. The average Bonchev–Trinajstić information content (AvgIpc) is 2.32. The summed E-state index contributed by atoms with van der Waals surface area (Å²) >= 11 is 0. The van der Waals surface area contributed by atoms with Crippen LogP contribution in [-0.4, -0.2) is 4.98 Å². The van der Waals surface area contributed by atoms with Gasteiger partial charge in [-0.1, -0.05) is 0 Å². The Bertz CT molecular complexity index is 512. The molecule has 1 aromatic heterocycles. The summed E-state index contributed by atoms with van der Waals surface area (Å²) in [4.78, 5) is 3.43. The van der Waals surface area contributed by atoms with Crippen LogP contribution in [-0.2, 0) is 6.54 Å². The Hall–Kier alpha value is -2.04. The minimum absolute atomic E-state index is 0.108. The van der Waals surface area contributed by atoms with Gasteiger partial charge in [-0.15, -0.1) is 0 Å². The summed E-state index contributed by atoms with van der Waals surface area (Å²) in [5.74, 6) is -1.58. The van der Waals surface area contributed by atoms with E-state index in [1.54, 1.807) is 0 Å².